The fraction of sp³-hybridized carbons (Fsp3) is 0.143. The number of fused-ring (bicyclic) bond motifs is 3. The number of hydrogen-bond donors (Lipinski definition) is 1. The molecule has 6 nitrogen and oxygen atoms in total. The van der Waals surface area contributed by atoms with Gasteiger partial charge >= 0.3 is 11.6 Å². The molecule has 0 fully saturated rings. The first-order valence-corrected chi connectivity index (χ1v) is 9.53. The summed E-state index contributed by atoms with van der Waals surface area (Å²) in [4.78, 5) is 25.7. The van der Waals surface area contributed by atoms with Crippen molar-refractivity contribution in [3.8, 4) is 5.75 Å². The molecule has 0 spiro atoms. The predicted octanol–water partition coefficient (Wildman–Crippen LogP) is 4.36. The molecule has 1 aliphatic heterocycles. The first-order valence-electron chi connectivity index (χ1n) is 8.77. The van der Waals surface area contributed by atoms with Crippen molar-refractivity contribution in [3.63, 3.8) is 0 Å². The first-order chi connectivity index (χ1) is 13.9. The van der Waals surface area contributed by atoms with Crippen LogP contribution >= 0.6 is 23.2 Å². The van der Waals surface area contributed by atoms with Crippen LogP contribution in [0.1, 0.15) is 24.0 Å². The SMILES string of the molecule is CCOC(=O)C1=C(N)Oc2c(c(=O)oc3ccccc23)[C@@H]1c1ccc(Cl)cc1Cl. The van der Waals surface area contributed by atoms with E-state index < -0.39 is 17.5 Å². The maximum atomic E-state index is 12.9. The maximum Gasteiger partial charge on any atom is 0.344 e. The third-order valence-corrected chi connectivity index (χ3v) is 5.18. The van der Waals surface area contributed by atoms with Crippen molar-refractivity contribution in [1.29, 1.82) is 0 Å². The zero-order chi connectivity index (χ0) is 20.7. The topological polar surface area (TPSA) is 91.8 Å². The van der Waals surface area contributed by atoms with E-state index in [0.29, 0.717) is 21.6 Å². The Hall–Kier alpha value is -2.96. The number of benzene rings is 2. The number of rotatable bonds is 3. The minimum Gasteiger partial charge on any atom is -0.462 e. The number of ether oxygens (including phenoxy) is 2. The van der Waals surface area contributed by atoms with Crippen LogP contribution in [0.5, 0.6) is 5.75 Å². The van der Waals surface area contributed by atoms with Gasteiger partial charge in [0.05, 0.1) is 23.5 Å². The van der Waals surface area contributed by atoms with E-state index in [2.05, 4.69) is 0 Å². The van der Waals surface area contributed by atoms with Gasteiger partial charge in [-0.15, -0.1) is 0 Å². The highest BCUT2D eigenvalue weighted by Gasteiger charge is 2.40. The number of para-hydroxylation sites is 1. The number of nitrogens with two attached hydrogens (primary N) is 1. The summed E-state index contributed by atoms with van der Waals surface area (Å²) in [7, 11) is 0. The molecule has 2 heterocycles. The standard InChI is InChI=1S/C21H15Cl2NO5/c1-2-27-20(25)17-15(11-8-7-10(22)9-13(11)23)16-18(29-19(17)24)12-5-3-4-6-14(12)28-21(16)26/h3-9,15H,2,24H2,1H3/t15-/m0/s1. The van der Waals surface area contributed by atoms with Crippen LogP contribution in [0.3, 0.4) is 0 Å². The Morgan fingerprint density at radius 3 is 2.69 bits per heavy atom. The zero-order valence-electron chi connectivity index (χ0n) is 15.2. The molecule has 0 saturated heterocycles. The number of carbonyl (C=O) groups excluding carboxylic acids is 1. The molecule has 0 radical (unpaired) electrons. The summed E-state index contributed by atoms with van der Waals surface area (Å²) in [5.74, 6) is -1.59. The number of hydrogen-bond acceptors (Lipinski definition) is 6. The van der Waals surface area contributed by atoms with Gasteiger partial charge in [-0.05, 0) is 36.8 Å². The lowest BCUT2D eigenvalue weighted by molar-refractivity contribution is -0.139. The summed E-state index contributed by atoms with van der Waals surface area (Å²) in [5.41, 5.74) is 6.35. The van der Waals surface area contributed by atoms with Gasteiger partial charge < -0.3 is 19.6 Å². The average Bonchev–Trinajstić information content (AvgIpc) is 2.67. The second kappa shape index (κ2) is 7.46. The Bertz CT molecular complexity index is 1230. The number of halogens is 2. The molecule has 29 heavy (non-hydrogen) atoms. The number of carbonyl (C=O) groups is 1. The van der Waals surface area contributed by atoms with E-state index in [1.54, 1.807) is 43.3 Å². The van der Waals surface area contributed by atoms with E-state index in [4.69, 9.17) is 42.8 Å². The molecule has 0 saturated carbocycles. The second-order valence-electron chi connectivity index (χ2n) is 6.33. The van der Waals surface area contributed by atoms with Gasteiger partial charge in [-0.25, -0.2) is 9.59 Å². The molecule has 3 aromatic rings. The predicted molar refractivity (Wildman–Crippen MR) is 109 cm³/mol. The fourth-order valence-corrected chi connectivity index (χ4v) is 3.94. The zero-order valence-corrected chi connectivity index (χ0v) is 16.7. The fourth-order valence-electron chi connectivity index (χ4n) is 3.42. The lowest BCUT2D eigenvalue weighted by atomic mass is 9.83. The lowest BCUT2D eigenvalue weighted by Gasteiger charge is -2.28. The molecule has 1 aromatic heterocycles. The van der Waals surface area contributed by atoms with Crippen LogP contribution in [0.2, 0.25) is 10.0 Å². The molecular formula is C21H15Cl2NO5. The van der Waals surface area contributed by atoms with Gasteiger partial charge in [-0.2, -0.15) is 0 Å². The normalized spacial score (nSPS) is 15.8. The Kier molecular flexibility index (Phi) is 4.98. The molecule has 0 aliphatic carbocycles. The minimum atomic E-state index is -0.941. The highest BCUT2D eigenvalue weighted by molar-refractivity contribution is 6.35. The Labute approximate surface area is 175 Å². The highest BCUT2D eigenvalue weighted by Crippen LogP contribution is 2.46. The van der Waals surface area contributed by atoms with E-state index in [0.717, 1.165) is 0 Å². The minimum absolute atomic E-state index is 0.0221. The highest BCUT2D eigenvalue weighted by atomic mass is 35.5. The van der Waals surface area contributed by atoms with Gasteiger partial charge in [0.25, 0.3) is 0 Å². The van der Waals surface area contributed by atoms with Crippen LogP contribution < -0.4 is 16.1 Å². The second-order valence-corrected chi connectivity index (χ2v) is 7.17. The van der Waals surface area contributed by atoms with E-state index in [1.165, 1.54) is 6.07 Å². The summed E-state index contributed by atoms with van der Waals surface area (Å²) in [6.45, 7) is 1.79. The molecule has 0 bridgehead atoms. The Morgan fingerprint density at radius 1 is 1.21 bits per heavy atom. The smallest absolute Gasteiger partial charge is 0.344 e. The summed E-state index contributed by atoms with van der Waals surface area (Å²) in [5, 5.41) is 1.21. The van der Waals surface area contributed by atoms with Crippen molar-refractivity contribution in [2.75, 3.05) is 6.61 Å². The molecule has 8 heteroatoms. The van der Waals surface area contributed by atoms with Crippen molar-refractivity contribution in [3.05, 3.63) is 85.5 Å². The van der Waals surface area contributed by atoms with Crippen LogP contribution in [-0.2, 0) is 9.53 Å². The molecule has 148 valence electrons. The molecule has 4 rings (SSSR count). The summed E-state index contributed by atoms with van der Waals surface area (Å²) >= 11 is 12.4. The molecule has 2 N–H and O–H groups in total. The van der Waals surface area contributed by atoms with Crippen LogP contribution in [0.25, 0.3) is 11.0 Å². The molecule has 0 amide bonds. The molecular weight excluding hydrogens is 417 g/mol. The van der Waals surface area contributed by atoms with E-state index in [9.17, 15) is 9.59 Å². The molecule has 0 unspecified atom stereocenters. The van der Waals surface area contributed by atoms with Gasteiger partial charge in [0.1, 0.15) is 11.2 Å². The third kappa shape index (κ3) is 3.24. The van der Waals surface area contributed by atoms with Gasteiger partial charge in [-0.1, -0.05) is 41.4 Å². The van der Waals surface area contributed by atoms with E-state index in [1.807, 2.05) is 0 Å². The summed E-state index contributed by atoms with van der Waals surface area (Å²) in [6, 6.07) is 11.7. The Balaban J connectivity index is 2.07. The van der Waals surface area contributed by atoms with Crippen LogP contribution in [0.15, 0.2) is 63.1 Å². The summed E-state index contributed by atoms with van der Waals surface area (Å²) in [6.07, 6.45) is 0. The van der Waals surface area contributed by atoms with Crippen molar-refractivity contribution < 1.29 is 18.7 Å². The summed E-state index contributed by atoms with van der Waals surface area (Å²) < 4.78 is 16.4. The molecule has 1 atom stereocenters. The Morgan fingerprint density at radius 2 is 1.97 bits per heavy atom. The van der Waals surface area contributed by atoms with Crippen molar-refractivity contribution >= 4 is 40.1 Å². The number of esters is 1. The van der Waals surface area contributed by atoms with Gasteiger partial charge in [0, 0.05) is 10.0 Å². The average molecular weight is 432 g/mol. The molecule has 1 aliphatic rings. The van der Waals surface area contributed by atoms with Gasteiger partial charge in [0.2, 0.25) is 5.88 Å². The quantitative estimate of drug-likeness (QED) is 0.489. The maximum absolute atomic E-state index is 12.9. The first kappa shape index (κ1) is 19.4. The largest absolute Gasteiger partial charge is 0.462 e. The van der Waals surface area contributed by atoms with Gasteiger partial charge in [-0.3, -0.25) is 0 Å². The van der Waals surface area contributed by atoms with Crippen molar-refractivity contribution in [2.45, 2.75) is 12.8 Å². The van der Waals surface area contributed by atoms with Gasteiger partial charge in [0.15, 0.2) is 5.75 Å². The van der Waals surface area contributed by atoms with E-state index in [-0.39, 0.29) is 34.4 Å². The van der Waals surface area contributed by atoms with Crippen LogP contribution in [0.4, 0.5) is 0 Å². The van der Waals surface area contributed by atoms with Crippen LogP contribution in [0, 0.1) is 0 Å². The van der Waals surface area contributed by atoms with Crippen molar-refractivity contribution in [2.24, 2.45) is 5.73 Å². The van der Waals surface area contributed by atoms with Crippen molar-refractivity contribution in [1.82, 2.24) is 0 Å². The van der Waals surface area contributed by atoms with E-state index >= 15 is 0 Å². The lowest BCUT2D eigenvalue weighted by Crippen LogP contribution is -2.31. The third-order valence-electron chi connectivity index (χ3n) is 4.62. The monoisotopic (exact) mass is 431 g/mol. The molecule has 2 aromatic carbocycles. The van der Waals surface area contributed by atoms with Crippen LogP contribution in [-0.4, -0.2) is 12.6 Å².